The molecule has 3 aromatic rings. The number of nitrogens with zero attached hydrogens (tertiary/aromatic N) is 5. The molecular weight excluding hydrogens is 589 g/mol. The summed E-state index contributed by atoms with van der Waals surface area (Å²) in [7, 11) is 3.07. The Labute approximate surface area is 258 Å². The number of alkyl halides is 3. The van der Waals surface area contributed by atoms with Crippen molar-refractivity contribution in [1.82, 2.24) is 25.1 Å². The highest BCUT2D eigenvalue weighted by molar-refractivity contribution is 6.10. The van der Waals surface area contributed by atoms with Gasteiger partial charge in [-0.05, 0) is 79.1 Å². The summed E-state index contributed by atoms with van der Waals surface area (Å²) in [6.45, 7) is 1.26. The van der Waals surface area contributed by atoms with Gasteiger partial charge in [0, 0.05) is 30.1 Å². The van der Waals surface area contributed by atoms with E-state index in [1.807, 2.05) is 17.7 Å². The van der Waals surface area contributed by atoms with Crippen LogP contribution in [0.1, 0.15) is 94.1 Å². The van der Waals surface area contributed by atoms with E-state index in [0.29, 0.717) is 31.5 Å². The Bertz CT molecular complexity index is 1630. The van der Waals surface area contributed by atoms with Crippen molar-refractivity contribution in [2.24, 2.45) is 18.9 Å². The average Bonchev–Trinajstić information content (AvgIpc) is 3.65. The molecule has 4 aliphatic rings. The predicted octanol–water partition coefficient (Wildman–Crippen LogP) is 4.65. The fourth-order valence-electron chi connectivity index (χ4n) is 6.59. The van der Waals surface area contributed by atoms with E-state index in [9.17, 15) is 22.8 Å². The first-order valence-electron chi connectivity index (χ1n) is 15.4. The molecule has 0 radical (unpaired) electrons. The minimum atomic E-state index is -4.75. The van der Waals surface area contributed by atoms with Crippen molar-refractivity contribution in [2.45, 2.75) is 62.7 Å². The van der Waals surface area contributed by atoms with Gasteiger partial charge in [0.05, 0.1) is 38.3 Å². The van der Waals surface area contributed by atoms with Gasteiger partial charge in [-0.25, -0.2) is 9.78 Å². The lowest BCUT2D eigenvalue weighted by Gasteiger charge is -2.34. The minimum Gasteiger partial charge on any atom is -0.468 e. The zero-order valence-electron chi connectivity index (χ0n) is 25.1. The highest BCUT2D eigenvalue weighted by Gasteiger charge is 2.43. The van der Waals surface area contributed by atoms with Crippen LogP contribution in [0.2, 0.25) is 0 Å². The zero-order valence-corrected chi connectivity index (χ0v) is 25.1. The largest absolute Gasteiger partial charge is 0.468 e. The van der Waals surface area contributed by atoms with Crippen LogP contribution in [-0.2, 0) is 34.0 Å². The first-order chi connectivity index (χ1) is 21.6. The topological polar surface area (TPSA) is 111 Å². The zero-order chi connectivity index (χ0) is 31.5. The molecule has 10 nitrogen and oxygen atoms in total. The highest BCUT2D eigenvalue weighted by Crippen LogP contribution is 2.45. The number of pyridine rings is 1. The molecule has 7 rings (SSSR count). The smallest absolute Gasteiger partial charge is 0.416 e. The Balaban J connectivity index is 1.28. The third-order valence-electron chi connectivity index (χ3n) is 9.62. The average molecular weight is 625 g/mol. The van der Waals surface area contributed by atoms with E-state index in [0.717, 1.165) is 55.3 Å². The summed E-state index contributed by atoms with van der Waals surface area (Å²) in [5.74, 6) is 0.254. The van der Waals surface area contributed by atoms with Crippen LogP contribution in [0.25, 0.3) is 0 Å². The number of hydrogen-bond acceptors (Lipinski definition) is 8. The van der Waals surface area contributed by atoms with Crippen molar-refractivity contribution >= 4 is 17.7 Å². The molecule has 1 amide bonds. The number of carbonyl (C=O) groups excluding carboxylic acids is 2. The van der Waals surface area contributed by atoms with E-state index in [1.54, 1.807) is 12.4 Å². The predicted molar refractivity (Wildman–Crippen MR) is 155 cm³/mol. The highest BCUT2D eigenvalue weighted by atomic mass is 19.4. The van der Waals surface area contributed by atoms with Crippen molar-refractivity contribution in [3.8, 4) is 0 Å². The molecule has 13 heteroatoms. The number of ether oxygens (including phenoxy) is 2. The molecule has 2 aliphatic carbocycles. The molecule has 0 spiro atoms. The first-order valence-corrected chi connectivity index (χ1v) is 15.4. The summed E-state index contributed by atoms with van der Waals surface area (Å²) in [5, 5.41) is 11.5. The van der Waals surface area contributed by atoms with E-state index < -0.39 is 29.7 Å². The van der Waals surface area contributed by atoms with Crippen molar-refractivity contribution < 1.29 is 32.2 Å². The van der Waals surface area contributed by atoms with Crippen LogP contribution in [0.5, 0.6) is 0 Å². The minimum absolute atomic E-state index is 0.0511. The molecule has 1 N–H and O–H groups in total. The third kappa shape index (κ3) is 5.60. The molecule has 0 unspecified atom stereocenters. The number of rotatable bonds is 10. The number of amides is 1. The molecule has 2 aliphatic heterocycles. The van der Waals surface area contributed by atoms with E-state index in [-0.39, 0.29) is 41.0 Å². The lowest BCUT2D eigenvalue weighted by molar-refractivity contribution is -0.144. The molecule has 45 heavy (non-hydrogen) atoms. The molecule has 1 aromatic carbocycles. The molecular formula is C32H35F3N6O4. The molecule has 238 valence electrons. The molecule has 2 aromatic heterocycles. The van der Waals surface area contributed by atoms with Gasteiger partial charge in [-0.1, -0.05) is 6.42 Å². The summed E-state index contributed by atoms with van der Waals surface area (Å²) >= 11 is 0. The second kappa shape index (κ2) is 11.5. The lowest BCUT2D eigenvalue weighted by Crippen LogP contribution is -2.35. The molecule has 4 heterocycles. The van der Waals surface area contributed by atoms with Gasteiger partial charge in [-0.2, -0.15) is 13.2 Å². The van der Waals surface area contributed by atoms with E-state index in [4.69, 9.17) is 14.5 Å². The number of halogens is 3. The van der Waals surface area contributed by atoms with Crippen LogP contribution in [-0.4, -0.2) is 58.5 Å². The van der Waals surface area contributed by atoms with E-state index in [2.05, 4.69) is 15.5 Å². The molecule has 2 atom stereocenters. The quantitative estimate of drug-likeness (QED) is 0.325. The maximum atomic E-state index is 14.6. The standard InChI is InChI=1S/C32H35F3N6O4/c1-40-16-37-39-29(40)27(21-14-45-15-21)19-10-25(18-6-7-18)38-26(11-19)41-13-23-22(30(41)42)8-20(9-24(23)32(33,34)35)28(31(43)44-2)36-12-17-4-3-5-17/h8-11,16-18,21,27-28,36H,3-7,12-15H2,1-2H3/t27-,28+/m0/s1. The van der Waals surface area contributed by atoms with Crippen LogP contribution in [0.4, 0.5) is 19.0 Å². The van der Waals surface area contributed by atoms with Crippen LogP contribution >= 0.6 is 0 Å². The van der Waals surface area contributed by atoms with Gasteiger partial charge in [0.1, 0.15) is 24.0 Å². The van der Waals surface area contributed by atoms with E-state index in [1.165, 1.54) is 18.1 Å². The number of benzene rings is 1. The molecule has 0 bridgehead atoms. The van der Waals surface area contributed by atoms with Gasteiger partial charge in [0.25, 0.3) is 5.91 Å². The van der Waals surface area contributed by atoms with Crippen LogP contribution < -0.4 is 10.2 Å². The van der Waals surface area contributed by atoms with Gasteiger partial charge in [0.2, 0.25) is 0 Å². The summed E-state index contributed by atoms with van der Waals surface area (Å²) in [6.07, 6.45) is 1.86. The number of hydrogen-bond donors (Lipinski definition) is 1. The molecule has 3 fully saturated rings. The second-order valence-corrected chi connectivity index (χ2v) is 12.7. The number of methoxy groups -OCH3 is 1. The normalized spacial score (nSPS) is 20.0. The van der Waals surface area contributed by atoms with Gasteiger partial charge in [-0.3, -0.25) is 9.69 Å². The number of aromatic nitrogens is 4. The Hall–Kier alpha value is -3.84. The number of anilines is 1. The van der Waals surface area contributed by atoms with Crippen LogP contribution in [0.15, 0.2) is 30.6 Å². The maximum absolute atomic E-state index is 14.6. The van der Waals surface area contributed by atoms with E-state index >= 15 is 0 Å². The Morgan fingerprint density at radius 1 is 1.13 bits per heavy atom. The Morgan fingerprint density at radius 2 is 1.91 bits per heavy atom. The van der Waals surface area contributed by atoms with Crippen LogP contribution in [0.3, 0.4) is 0 Å². The fraction of sp³-hybridized carbons (Fsp3) is 0.531. The molecule has 2 saturated carbocycles. The van der Waals surface area contributed by atoms with Gasteiger partial charge in [-0.15, -0.1) is 10.2 Å². The van der Waals surface area contributed by atoms with Crippen molar-refractivity contribution in [1.29, 1.82) is 0 Å². The summed E-state index contributed by atoms with van der Waals surface area (Å²) < 4.78 is 56.0. The summed E-state index contributed by atoms with van der Waals surface area (Å²) in [5.41, 5.74) is 0.578. The summed E-state index contributed by atoms with van der Waals surface area (Å²) in [4.78, 5) is 32.9. The number of fused-ring (bicyclic) bond motifs is 1. The van der Waals surface area contributed by atoms with Gasteiger partial charge in [0.15, 0.2) is 0 Å². The third-order valence-corrected chi connectivity index (χ3v) is 9.62. The van der Waals surface area contributed by atoms with Crippen LogP contribution in [0, 0.1) is 11.8 Å². The van der Waals surface area contributed by atoms with Crippen molar-refractivity contribution in [3.63, 3.8) is 0 Å². The monoisotopic (exact) mass is 624 g/mol. The fourth-order valence-corrected chi connectivity index (χ4v) is 6.59. The van der Waals surface area contributed by atoms with Gasteiger partial charge < -0.3 is 19.4 Å². The SMILES string of the molecule is COC(=O)[C@H](NCC1CCC1)c1cc2c(c(C(F)(F)F)c1)CN(c1cc([C@H](c3nncn3C)C3COC3)cc(C3CC3)n1)C2=O. The lowest BCUT2D eigenvalue weighted by atomic mass is 9.83. The Morgan fingerprint density at radius 3 is 2.49 bits per heavy atom. The van der Waals surface area contributed by atoms with Gasteiger partial charge >= 0.3 is 12.1 Å². The molecule has 1 saturated heterocycles. The number of esters is 1. The number of carbonyl (C=O) groups is 2. The van der Waals surface area contributed by atoms with Crippen molar-refractivity contribution in [2.75, 3.05) is 31.8 Å². The summed E-state index contributed by atoms with van der Waals surface area (Å²) in [6, 6.07) is 5.07. The number of nitrogens with one attached hydrogen (secondary N) is 1. The first kappa shape index (κ1) is 29.8. The maximum Gasteiger partial charge on any atom is 0.416 e. The Kier molecular flexibility index (Phi) is 7.63. The number of aryl methyl sites for hydroxylation is 1. The van der Waals surface area contributed by atoms with Crippen molar-refractivity contribution in [3.05, 3.63) is 69.9 Å². The second-order valence-electron chi connectivity index (χ2n) is 12.7.